The van der Waals surface area contributed by atoms with Gasteiger partial charge in [0.05, 0.1) is 35.7 Å². The van der Waals surface area contributed by atoms with Crippen LogP contribution in [0.5, 0.6) is 17.4 Å². The molecule has 0 radical (unpaired) electrons. The van der Waals surface area contributed by atoms with Crippen LogP contribution in [0.1, 0.15) is 22.9 Å². The van der Waals surface area contributed by atoms with Crippen LogP contribution >= 0.6 is 23.2 Å². The molecule has 14 heteroatoms. The first-order valence-corrected chi connectivity index (χ1v) is 13.0. The number of methoxy groups -OCH3 is 1. The van der Waals surface area contributed by atoms with Gasteiger partial charge >= 0.3 is 0 Å². The number of pyridine rings is 2. The Morgan fingerprint density at radius 2 is 1.89 bits per heavy atom. The summed E-state index contributed by atoms with van der Waals surface area (Å²) in [5, 5.41) is 9.22. The molecule has 0 amide bonds. The van der Waals surface area contributed by atoms with Gasteiger partial charge in [-0.25, -0.2) is 13.4 Å². The van der Waals surface area contributed by atoms with Crippen molar-refractivity contribution in [2.24, 2.45) is 5.73 Å². The van der Waals surface area contributed by atoms with Gasteiger partial charge < -0.3 is 19.9 Å². The third-order valence-electron chi connectivity index (χ3n) is 5.36. The van der Waals surface area contributed by atoms with Gasteiger partial charge in [-0.2, -0.15) is 0 Å². The van der Waals surface area contributed by atoms with E-state index in [1.54, 1.807) is 0 Å². The minimum Gasteiger partial charge on any atom is -0.493 e. The lowest BCUT2D eigenvalue weighted by Gasteiger charge is -2.28. The van der Waals surface area contributed by atoms with Crippen molar-refractivity contribution in [2.45, 2.75) is 6.23 Å². The van der Waals surface area contributed by atoms with Crippen LogP contribution in [0.4, 0.5) is 11.4 Å². The van der Waals surface area contributed by atoms with Crippen molar-refractivity contribution in [1.82, 2.24) is 9.97 Å². The Balaban J connectivity index is 1.72. The first-order chi connectivity index (χ1) is 17.0. The van der Waals surface area contributed by atoms with Gasteiger partial charge in [-0.3, -0.25) is 20.4 Å². The monoisotopic (exact) mass is 552 g/mol. The van der Waals surface area contributed by atoms with E-state index in [9.17, 15) is 8.42 Å². The number of ether oxygens (including phenoxy) is 3. The maximum absolute atomic E-state index is 12.2. The molecule has 1 aliphatic rings. The molecule has 1 aromatic carbocycles. The molecule has 1 atom stereocenters. The van der Waals surface area contributed by atoms with E-state index >= 15 is 0 Å². The molecule has 0 bridgehead atoms. The summed E-state index contributed by atoms with van der Waals surface area (Å²) in [6.07, 6.45) is 4.19. The highest BCUT2D eigenvalue weighted by atomic mass is 35.5. The number of benzene rings is 1. The third kappa shape index (κ3) is 4.98. The van der Waals surface area contributed by atoms with E-state index in [0.29, 0.717) is 11.1 Å². The second kappa shape index (κ2) is 9.97. The molecule has 1 aliphatic heterocycles. The molecular weight excluding hydrogens is 531 g/mol. The van der Waals surface area contributed by atoms with E-state index in [2.05, 4.69) is 9.97 Å². The number of nitrogens with one attached hydrogen (secondary N) is 1. The zero-order valence-electron chi connectivity index (χ0n) is 19.2. The van der Waals surface area contributed by atoms with Crippen LogP contribution in [0.15, 0.2) is 36.8 Å². The number of aromatic nitrogens is 2. The molecule has 0 aliphatic carbocycles. The smallest absolute Gasteiger partial charge is 0.238 e. The predicted octanol–water partition coefficient (Wildman–Crippen LogP) is 2.99. The number of nitrogen functional groups attached to an aromatic ring is 1. The molecule has 0 unspecified atom stereocenters. The van der Waals surface area contributed by atoms with Gasteiger partial charge in [0, 0.05) is 47.0 Å². The number of nitrogens with zero attached hydrogens (tertiary/aromatic N) is 3. The van der Waals surface area contributed by atoms with Gasteiger partial charge in [-0.1, -0.05) is 23.2 Å². The highest BCUT2D eigenvalue weighted by Gasteiger charge is 2.28. The van der Waals surface area contributed by atoms with E-state index in [1.807, 2.05) is 0 Å². The molecule has 0 fully saturated rings. The van der Waals surface area contributed by atoms with E-state index < -0.39 is 16.3 Å². The van der Waals surface area contributed by atoms with Crippen LogP contribution in [-0.2, 0) is 10.0 Å². The van der Waals surface area contributed by atoms with Crippen LogP contribution in [0.3, 0.4) is 0 Å². The van der Waals surface area contributed by atoms with Crippen molar-refractivity contribution < 1.29 is 22.6 Å². The SMILES string of the molecule is COc1cc(N)c(C(=N)c2cnc3c(c2)N(S(C)(=O)=O)CCO3)cc1O[C@H](N)c1c(Cl)cncc1Cl. The van der Waals surface area contributed by atoms with Crippen molar-refractivity contribution in [1.29, 1.82) is 5.41 Å². The van der Waals surface area contributed by atoms with Crippen molar-refractivity contribution in [3.63, 3.8) is 0 Å². The molecule has 36 heavy (non-hydrogen) atoms. The average molecular weight is 553 g/mol. The second-order valence-electron chi connectivity index (χ2n) is 7.75. The van der Waals surface area contributed by atoms with Gasteiger partial charge in [0.2, 0.25) is 15.9 Å². The standard InChI is InChI=1S/C22H22Cl2N6O5S/c1-33-17-7-15(25)12(6-18(17)35-21(27)19-13(23)9-28-10-14(19)24)20(26)11-5-16-22(29-8-11)34-4-3-30(16)36(2,31)32/h5-10,21,26H,3-4,25,27H2,1-2H3/t21-/m0/s1. The molecule has 11 nitrogen and oxygen atoms in total. The Labute approximate surface area is 217 Å². The van der Waals surface area contributed by atoms with Crippen LogP contribution in [0.25, 0.3) is 0 Å². The fourth-order valence-electron chi connectivity index (χ4n) is 3.65. The Morgan fingerprint density at radius 1 is 1.19 bits per heavy atom. The maximum atomic E-state index is 12.2. The lowest BCUT2D eigenvalue weighted by atomic mass is 10.0. The number of hydrogen-bond acceptors (Lipinski definition) is 10. The highest BCUT2D eigenvalue weighted by Crippen LogP contribution is 2.38. The van der Waals surface area contributed by atoms with Crippen molar-refractivity contribution >= 4 is 50.3 Å². The molecule has 5 N–H and O–H groups in total. The van der Waals surface area contributed by atoms with Crippen molar-refractivity contribution in [3.05, 3.63) is 63.5 Å². The summed E-state index contributed by atoms with van der Waals surface area (Å²) in [7, 11) is -2.15. The zero-order chi connectivity index (χ0) is 26.2. The number of nitrogens with two attached hydrogens (primary N) is 2. The van der Waals surface area contributed by atoms with Gasteiger partial charge in [0.15, 0.2) is 17.7 Å². The Kier molecular flexibility index (Phi) is 7.14. The molecule has 4 rings (SSSR count). The first-order valence-electron chi connectivity index (χ1n) is 10.4. The number of fused-ring (bicyclic) bond motifs is 1. The summed E-state index contributed by atoms with van der Waals surface area (Å²) in [5.41, 5.74) is 13.7. The molecule has 3 aromatic rings. The van der Waals surface area contributed by atoms with E-state index in [4.69, 9.17) is 54.3 Å². The quantitative estimate of drug-likeness (QED) is 0.226. The van der Waals surface area contributed by atoms with Gasteiger partial charge in [0.25, 0.3) is 0 Å². The third-order valence-corrected chi connectivity index (χ3v) is 7.14. The van der Waals surface area contributed by atoms with Crippen LogP contribution in [-0.4, -0.2) is 50.6 Å². The van der Waals surface area contributed by atoms with Crippen LogP contribution in [0.2, 0.25) is 10.0 Å². The van der Waals surface area contributed by atoms with E-state index in [0.717, 1.165) is 6.26 Å². The summed E-state index contributed by atoms with van der Waals surface area (Å²) in [5.74, 6) is 0.600. The number of halogens is 2. The van der Waals surface area contributed by atoms with Gasteiger partial charge in [-0.15, -0.1) is 0 Å². The lowest BCUT2D eigenvalue weighted by molar-refractivity contribution is 0.204. The molecule has 3 heterocycles. The summed E-state index contributed by atoms with van der Waals surface area (Å²) in [6, 6.07) is 4.49. The molecule has 0 spiro atoms. The predicted molar refractivity (Wildman–Crippen MR) is 137 cm³/mol. The Morgan fingerprint density at radius 3 is 2.53 bits per heavy atom. The van der Waals surface area contributed by atoms with Crippen molar-refractivity contribution in [3.8, 4) is 17.4 Å². The maximum Gasteiger partial charge on any atom is 0.238 e. The largest absolute Gasteiger partial charge is 0.493 e. The number of rotatable bonds is 7. The van der Waals surface area contributed by atoms with Crippen LogP contribution < -0.4 is 30.0 Å². The summed E-state index contributed by atoms with van der Waals surface area (Å²) in [6.45, 7) is 0.298. The highest BCUT2D eigenvalue weighted by molar-refractivity contribution is 7.92. The average Bonchev–Trinajstić information content (AvgIpc) is 2.83. The fraction of sp³-hybridized carbons (Fsp3) is 0.227. The molecule has 190 valence electrons. The zero-order valence-corrected chi connectivity index (χ0v) is 21.5. The van der Waals surface area contributed by atoms with Gasteiger partial charge in [-0.05, 0) is 12.1 Å². The van der Waals surface area contributed by atoms with Crippen molar-refractivity contribution in [2.75, 3.05) is 36.6 Å². The summed E-state index contributed by atoms with van der Waals surface area (Å²) >= 11 is 12.4. The van der Waals surface area contributed by atoms with Gasteiger partial charge in [0.1, 0.15) is 12.3 Å². The summed E-state index contributed by atoms with van der Waals surface area (Å²) < 4.78 is 42.4. The topological polar surface area (TPSA) is 167 Å². The molecular formula is C22H22Cl2N6O5S. The van der Waals surface area contributed by atoms with E-state index in [1.165, 1.54) is 48.2 Å². The minimum atomic E-state index is -3.58. The number of anilines is 2. The summed E-state index contributed by atoms with van der Waals surface area (Å²) in [4.78, 5) is 8.10. The molecule has 0 saturated heterocycles. The number of sulfonamides is 1. The first kappa shape index (κ1) is 25.8. The second-order valence-corrected chi connectivity index (χ2v) is 10.5. The molecule has 0 saturated carbocycles. The lowest BCUT2D eigenvalue weighted by Crippen LogP contribution is -2.37. The molecule has 2 aromatic heterocycles. The van der Waals surface area contributed by atoms with Crippen LogP contribution in [0, 0.1) is 5.41 Å². The number of hydrogen-bond donors (Lipinski definition) is 3. The fourth-order valence-corrected chi connectivity index (χ4v) is 5.12. The Hall–Kier alpha value is -3.32. The van der Waals surface area contributed by atoms with E-state index in [-0.39, 0.29) is 63.2 Å². The minimum absolute atomic E-state index is 0.0390. The normalized spacial score (nSPS) is 14.0. The Bertz CT molecular complexity index is 1430.